The Bertz CT molecular complexity index is 1090. The maximum atomic E-state index is 12.4. The lowest BCUT2D eigenvalue weighted by molar-refractivity contribution is -0.123. The number of thioether (sulfide) groups is 1. The molecule has 0 aliphatic carbocycles. The van der Waals surface area contributed by atoms with Crippen molar-refractivity contribution in [2.45, 2.75) is 6.42 Å². The van der Waals surface area contributed by atoms with E-state index in [2.05, 4.69) is 5.32 Å². The van der Waals surface area contributed by atoms with Crippen LogP contribution in [0.1, 0.15) is 22.3 Å². The van der Waals surface area contributed by atoms with E-state index in [4.69, 9.17) is 5.11 Å². The molecule has 3 N–H and O–H groups in total. The first kappa shape index (κ1) is 21.8. The molecular formula is C22H18N2O6S. The number of hydrogen-bond donors (Lipinski definition) is 3. The number of phenols is 1. The highest BCUT2D eigenvalue weighted by atomic mass is 32.2. The summed E-state index contributed by atoms with van der Waals surface area (Å²) >= 11 is 0.802. The van der Waals surface area contributed by atoms with Gasteiger partial charge in [-0.15, -0.1) is 0 Å². The Kier molecular flexibility index (Phi) is 6.88. The van der Waals surface area contributed by atoms with Crippen molar-refractivity contribution in [3.8, 4) is 5.75 Å². The zero-order valence-electron chi connectivity index (χ0n) is 16.1. The van der Waals surface area contributed by atoms with Gasteiger partial charge in [-0.1, -0.05) is 42.5 Å². The average Bonchev–Trinajstić information content (AvgIpc) is 3.01. The first-order valence-electron chi connectivity index (χ1n) is 9.18. The third-order valence-corrected chi connectivity index (χ3v) is 5.21. The van der Waals surface area contributed by atoms with Gasteiger partial charge >= 0.3 is 5.97 Å². The minimum Gasteiger partial charge on any atom is -0.507 e. The maximum Gasteiger partial charge on any atom is 0.339 e. The second-order valence-electron chi connectivity index (χ2n) is 6.46. The van der Waals surface area contributed by atoms with Gasteiger partial charge in [0, 0.05) is 18.7 Å². The van der Waals surface area contributed by atoms with E-state index in [9.17, 15) is 24.3 Å². The predicted octanol–water partition coefficient (Wildman–Crippen LogP) is 3.71. The molecule has 0 spiro atoms. The number of benzene rings is 2. The van der Waals surface area contributed by atoms with Gasteiger partial charge in [0.1, 0.15) is 11.3 Å². The summed E-state index contributed by atoms with van der Waals surface area (Å²) < 4.78 is 0. The molecule has 1 aliphatic rings. The summed E-state index contributed by atoms with van der Waals surface area (Å²) in [4.78, 5) is 49.0. The smallest absolute Gasteiger partial charge is 0.339 e. The predicted molar refractivity (Wildman–Crippen MR) is 117 cm³/mol. The number of aromatic hydroxyl groups is 1. The monoisotopic (exact) mass is 438 g/mol. The Labute approximate surface area is 181 Å². The van der Waals surface area contributed by atoms with Gasteiger partial charge < -0.3 is 15.5 Å². The van der Waals surface area contributed by atoms with Gasteiger partial charge in [-0.25, -0.2) is 4.79 Å². The second-order valence-corrected chi connectivity index (χ2v) is 7.45. The molecule has 31 heavy (non-hydrogen) atoms. The minimum atomic E-state index is -1.33. The largest absolute Gasteiger partial charge is 0.507 e. The first-order chi connectivity index (χ1) is 14.8. The van der Waals surface area contributed by atoms with Crippen LogP contribution >= 0.6 is 11.8 Å². The third-order valence-electron chi connectivity index (χ3n) is 4.28. The number of carbonyl (C=O) groups is 4. The van der Waals surface area contributed by atoms with Gasteiger partial charge in [-0.2, -0.15) is 0 Å². The molecule has 1 saturated heterocycles. The molecule has 0 saturated carbocycles. The number of allylic oxidation sites excluding steroid dienone is 2. The molecule has 158 valence electrons. The van der Waals surface area contributed by atoms with E-state index in [1.807, 2.05) is 36.4 Å². The van der Waals surface area contributed by atoms with E-state index in [1.54, 1.807) is 12.2 Å². The highest BCUT2D eigenvalue weighted by Gasteiger charge is 2.34. The third kappa shape index (κ3) is 5.61. The number of rotatable bonds is 7. The molecule has 0 radical (unpaired) electrons. The number of hydrogen-bond acceptors (Lipinski definition) is 6. The van der Waals surface area contributed by atoms with Crippen LogP contribution in [0.15, 0.2) is 65.6 Å². The molecule has 1 aliphatic heterocycles. The topological polar surface area (TPSA) is 124 Å². The van der Waals surface area contributed by atoms with Crippen LogP contribution in [0.5, 0.6) is 5.75 Å². The SMILES string of the molecule is O=C(CCN1C(=O)SC(=CC=Cc2ccccc2)C1=O)Nc1ccc(O)c(C(=O)O)c1. The van der Waals surface area contributed by atoms with E-state index in [0.29, 0.717) is 0 Å². The van der Waals surface area contributed by atoms with Gasteiger partial charge in [0.05, 0.1) is 4.91 Å². The Morgan fingerprint density at radius 2 is 1.84 bits per heavy atom. The quantitative estimate of drug-likeness (QED) is 0.445. The van der Waals surface area contributed by atoms with E-state index in [-0.39, 0.29) is 29.1 Å². The number of carboxylic acid groups (broad SMARTS) is 1. The van der Waals surface area contributed by atoms with Crippen LogP contribution in [0.2, 0.25) is 0 Å². The van der Waals surface area contributed by atoms with Crippen molar-refractivity contribution in [2.75, 3.05) is 11.9 Å². The fourth-order valence-electron chi connectivity index (χ4n) is 2.74. The zero-order chi connectivity index (χ0) is 22.4. The van der Waals surface area contributed by atoms with Crippen LogP contribution in [0.3, 0.4) is 0 Å². The van der Waals surface area contributed by atoms with Crippen molar-refractivity contribution >= 4 is 46.5 Å². The molecule has 9 heteroatoms. The molecule has 8 nitrogen and oxygen atoms in total. The second kappa shape index (κ2) is 9.77. The molecule has 0 atom stereocenters. The number of nitrogens with one attached hydrogen (secondary N) is 1. The number of amides is 3. The standard InChI is InChI=1S/C22H18N2O6S/c25-17-10-9-15(13-16(17)21(28)29)23-19(26)11-12-24-20(27)18(31-22(24)30)8-4-7-14-5-2-1-3-6-14/h1-10,13,25H,11-12H2,(H,23,26)(H,28,29). The van der Waals surface area contributed by atoms with E-state index < -0.39 is 28.8 Å². The van der Waals surface area contributed by atoms with Crippen molar-refractivity contribution < 1.29 is 29.4 Å². The number of imide groups is 1. The Hall–Kier alpha value is -3.85. The zero-order valence-corrected chi connectivity index (χ0v) is 17.0. The highest BCUT2D eigenvalue weighted by molar-refractivity contribution is 8.18. The molecule has 1 heterocycles. The van der Waals surface area contributed by atoms with E-state index in [1.165, 1.54) is 6.07 Å². The number of anilines is 1. The molecule has 1 fully saturated rings. The average molecular weight is 438 g/mol. The van der Waals surface area contributed by atoms with Gasteiger partial charge in [-0.3, -0.25) is 19.3 Å². The number of carboxylic acids is 1. The Morgan fingerprint density at radius 1 is 1.10 bits per heavy atom. The lowest BCUT2D eigenvalue weighted by Crippen LogP contribution is -2.31. The lowest BCUT2D eigenvalue weighted by Gasteiger charge is -2.12. The van der Waals surface area contributed by atoms with Gasteiger partial charge in [-0.05, 0) is 41.6 Å². The van der Waals surface area contributed by atoms with Crippen LogP contribution in [-0.2, 0) is 9.59 Å². The number of aromatic carboxylic acids is 1. The minimum absolute atomic E-state index is 0.111. The molecule has 0 unspecified atom stereocenters. The molecule has 0 aromatic heterocycles. The lowest BCUT2D eigenvalue weighted by atomic mass is 10.1. The molecule has 0 bridgehead atoms. The van der Waals surface area contributed by atoms with Gasteiger partial charge in [0.15, 0.2) is 0 Å². The van der Waals surface area contributed by atoms with Crippen molar-refractivity contribution in [1.82, 2.24) is 4.90 Å². The molecular weight excluding hydrogens is 420 g/mol. The summed E-state index contributed by atoms with van der Waals surface area (Å²) in [5, 5.41) is 20.5. The Balaban J connectivity index is 1.57. The molecule has 3 amide bonds. The van der Waals surface area contributed by atoms with E-state index >= 15 is 0 Å². The molecule has 2 aromatic carbocycles. The van der Waals surface area contributed by atoms with Crippen LogP contribution in [0.4, 0.5) is 10.5 Å². The van der Waals surface area contributed by atoms with Crippen LogP contribution in [0, 0.1) is 0 Å². The Morgan fingerprint density at radius 3 is 2.55 bits per heavy atom. The van der Waals surface area contributed by atoms with Crippen molar-refractivity contribution in [3.63, 3.8) is 0 Å². The fourth-order valence-corrected chi connectivity index (χ4v) is 3.56. The van der Waals surface area contributed by atoms with Gasteiger partial charge in [0.2, 0.25) is 5.91 Å². The summed E-state index contributed by atoms with van der Waals surface area (Å²) in [5.74, 6) is -2.73. The van der Waals surface area contributed by atoms with Gasteiger partial charge in [0.25, 0.3) is 11.1 Å². The molecule has 3 rings (SSSR count). The van der Waals surface area contributed by atoms with Crippen molar-refractivity contribution in [2.24, 2.45) is 0 Å². The maximum absolute atomic E-state index is 12.4. The highest BCUT2D eigenvalue weighted by Crippen LogP contribution is 2.30. The van der Waals surface area contributed by atoms with Crippen LogP contribution in [-0.4, -0.2) is 44.7 Å². The summed E-state index contributed by atoms with van der Waals surface area (Å²) in [5.41, 5.74) is 0.785. The number of nitrogens with zero attached hydrogens (tertiary/aromatic N) is 1. The van der Waals surface area contributed by atoms with Crippen molar-refractivity contribution in [3.05, 3.63) is 76.7 Å². The van der Waals surface area contributed by atoms with Crippen molar-refractivity contribution in [1.29, 1.82) is 0 Å². The summed E-state index contributed by atoms with van der Waals surface area (Å²) in [6.45, 7) is -0.111. The summed E-state index contributed by atoms with van der Waals surface area (Å²) in [6, 6.07) is 13.1. The van der Waals surface area contributed by atoms with Crippen LogP contribution < -0.4 is 5.32 Å². The van der Waals surface area contributed by atoms with E-state index in [0.717, 1.165) is 34.4 Å². The molecule has 2 aromatic rings. The summed E-state index contributed by atoms with van der Waals surface area (Å²) in [7, 11) is 0. The first-order valence-corrected chi connectivity index (χ1v) is 10.00. The summed E-state index contributed by atoms with van der Waals surface area (Å²) in [6.07, 6.45) is 4.89. The normalized spacial score (nSPS) is 15.1. The van der Waals surface area contributed by atoms with Crippen LogP contribution in [0.25, 0.3) is 6.08 Å². The fraction of sp³-hybridized carbons (Fsp3) is 0.0909. The number of carbonyl (C=O) groups excluding carboxylic acids is 3.